The summed E-state index contributed by atoms with van der Waals surface area (Å²) in [6.07, 6.45) is 2.17. The number of rotatable bonds is 2. The molecule has 2 N–H and O–H groups in total. The highest BCUT2D eigenvalue weighted by Gasteiger charge is 2.17. The minimum Gasteiger partial charge on any atom is -0.392 e. The standard InChI is InChI=1S/C12H16N2O2/c15-9-10-4-3-5-11(8-10)13-12(16)14-6-1-2-7-14/h3-5,8,15H,1-2,6-7,9H2,(H,13,16). The Morgan fingerprint density at radius 1 is 1.38 bits per heavy atom. The van der Waals surface area contributed by atoms with Crippen molar-refractivity contribution in [1.29, 1.82) is 0 Å². The number of carbonyl (C=O) groups is 1. The molecule has 1 aromatic rings. The van der Waals surface area contributed by atoms with Crippen LogP contribution in [-0.2, 0) is 6.61 Å². The molecule has 0 unspecified atom stereocenters. The Morgan fingerprint density at radius 3 is 2.81 bits per heavy atom. The van der Waals surface area contributed by atoms with Gasteiger partial charge < -0.3 is 15.3 Å². The van der Waals surface area contributed by atoms with E-state index in [0.717, 1.165) is 37.2 Å². The summed E-state index contributed by atoms with van der Waals surface area (Å²) in [4.78, 5) is 13.6. The summed E-state index contributed by atoms with van der Waals surface area (Å²) in [5.74, 6) is 0. The summed E-state index contributed by atoms with van der Waals surface area (Å²) < 4.78 is 0. The Kier molecular flexibility index (Phi) is 3.41. The summed E-state index contributed by atoms with van der Waals surface area (Å²) in [5, 5.41) is 11.8. The number of likely N-dealkylation sites (tertiary alicyclic amines) is 1. The predicted molar refractivity (Wildman–Crippen MR) is 62.2 cm³/mol. The summed E-state index contributed by atoms with van der Waals surface area (Å²) >= 11 is 0. The van der Waals surface area contributed by atoms with Crippen molar-refractivity contribution in [2.24, 2.45) is 0 Å². The lowest BCUT2D eigenvalue weighted by Gasteiger charge is -2.16. The molecule has 4 nitrogen and oxygen atoms in total. The first-order valence-electron chi connectivity index (χ1n) is 5.55. The van der Waals surface area contributed by atoms with Crippen LogP contribution in [0.5, 0.6) is 0 Å². The van der Waals surface area contributed by atoms with Gasteiger partial charge in [-0.3, -0.25) is 0 Å². The van der Waals surface area contributed by atoms with Crippen molar-refractivity contribution in [2.75, 3.05) is 18.4 Å². The number of amides is 2. The zero-order valence-corrected chi connectivity index (χ0v) is 9.15. The first-order chi connectivity index (χ1) is 7.79. The van der Waals surface area contributed by atoms with Crippen molar-refractivity contribution in [3.8, 4) is 0 Å². The van der Waals surface area contributed by atoms with E-state index in [0.29, 0.717) is 0 Å². The Hall–Kier alpha value is -1.55. The van der Waals surface area contributed by atoms with Crippen LogP contribution in [-0.4, -0.2) is 29.1 Å². The number of aliphatic hydroxyl groups excluding tert-OH is 1. The van der Waals surface area contributed by atoms with Crippen LogP contribution in [0.2, 0.25) is 0 Å². The summed E-state index contributed by atoms with van der Waals surface area (Å²) in [6, 6.07) is 7.21. The molecule has 1 saturated heterocycles. The zero-order valence-electron chi connectivity index (χ0n) is 9.15. The van der Waals surface area contributed by atoms with E-state index in [1.165, 1.54) is 0 Å². The lowest BCUT2D eigenvalue weighted by molar-refractivity contribution is 0.222. The van der Waals surface area contributed by atoms with E-state index in [-0.39, 0.29) is 12.6 Å². The van der Waals surface area contributed by atoms with E-state index in [9.17, 15) is 4.79 Å². The Bertz CT molecular complexity index is 373. The molecule has 1 fully saturated rings. The third-order valence-electron chi connectivity index (χ3n) is 2.75. The number of anilines is 1. The van der Waals surface area contributed by atoms with Gasteiger partial charge in [-0.05, 0) is 30.5 Å². The Balaban J connectivity index is 1.99. The maximum Gasteiger partial charge on any atom is 0.321 e. The number of benzene rings is 1. The van der Waals surface area contributed by atoms with Crippen molar-refractivity contribution in [2.45, 2.75) is 19.4 Å². The smallest absolute Gasteiger partial charge is 0.321 e. The van der Waals surface area contributed by atoms with Crippen molar-refractivity contribution in [1.82, 2.24) is 4.90 Å². The van der Waals surface area contributed by atoms with Crippen molar-refractivity contribution in [3.63, 3.8) is 0 Å². The molecule has 0 saturated carbocycles. The lowest BCUT2D eigenvalue weighted by atomic mass is 10.2. The van der Waals surface area contributed by atoms with E-state index >= 15 is 0 Å². The van der Waals surface area contributed by atoms with Crippen molar-refractivity contribution < 1.29 is 9.90 Å². The van der Waals surface area contributed by atoms with Crippen LogP contribution in [0.15, 0.2) is 24.3 Å². The van der Waals surface area contributed by atoms with Crippen LogP contribution in [0.3, 0.4) is 0 Å². The molecule has 2 amide bonds. The summed E-state index contributed by atoms with van der Waals surface area (Å²) in [5.41, 5.74) is 1.54. The number of carbonyl (C=O) groups excluding carboxylic acids is 1. The highest BCUT2D eigenvalue weighted by atomic mass is 16.3. The largest absolute Gasteiger partial charge is 0.392 e. The number of hydrogen-bond acceptors (Lipinski definition) is 2. The third kappa shape index (κ3) is 2.52. The molecule has 0 spiro atoms. The fourth-order valence-electron chi connectivity index (χ4n) is 1.87. The molecule has 0 atom stereocenters. The van der Waals surface area contributed by atoms with Gasteiger partial charge in [-0.1, -0.05) is 12.1 Å². The average Bonchev–Trinajstić information content (AvgIpc) is 2.83. The Labute approximate surface area is 94.9 Å². The molecule has 86 valence electrons. The van der Waals surface area contributed by atoms with E-state index in [1.54, 1.807) is 6.07 Å². The molecule has 0 bridgehead atoms. The monoisotopic (exact) mass is 220 g/mol. The highest BCUT2D eigenvalue weighted by molar-refractivity contribution is 5.89. The molecule has 1 aromatic carbocycles. The normalized spacial score (nSPS) is 15.2. The van der Waals surface area contributed by atoms with Crippen LogP contribution in [0.1, 0.15) is 18.4 Å². The number of urea groups is 1. The molecule has 1 heterocycles. The molecule has 1 aliphatic rings. The number of hydrogen-bond donors (Lipinski definition) is 2. The van der Waals surface area contributed by atoms with Gasteiger partial charge in [-0.2, -0.15) is 0 Å². The predicted octanol–water partition coefficient (Wildman–Crippen LogP) is 1.81. The summed E-state index contributed by atoms with van der Waals surface area (Å²) in [6.45, 7) is 1.67. The average molecular weight is 220 g/mol. The molecular weight excluding hydrogens is 204 g/mol. The minimum absolute atomic E-state index is 0.00652. The quantitative estimate of drug-likeness (QED) is 0.798. The van der Waals surface area contributed by atoms with Gasteiger partial charge in [0, 0.05) is 18.8 Å². The molecule has 0 radical (unpaired) electrons. The third-order valence-corrected chi connectivity index (χ3v) is 2.75. The van der Waals surface area contributed by atoms with Crippen LogP contribution in [0.4, 0.5) is 10.5 Å². The fraction of sp³-hybridized carbons (Fsp3) is 0.417. The molecule has 0 aromatic heterocycles. The van der Waals surface area contributed by atoms with Gasteiger partial charge in [-0.25, -0.2) is 4.79 Å². The SMILES string of the molecule is O=C(Nc1cccc(CO)c1)N1CCCC1. The van der Waals surface area contributed by atoms with Gasteiger partial charge in [0.1, 0.15) is 0 Å². The molecular formula is C12H16N2O2. The van der Waals surface area contributed by atoms with Crippen LogP contribution in [0.25, 0.3) is 0 Å². The van der Waals surface area contributed by atoms with Gasteiger partial charge >= 0.3 is 6.03 Å². The topological polar surface area (TPSA) is 52.6 Å². The molecule has 16 heavy (non-hydrogen) atoms. The number of aliphatic hydroxyl groups is 1. The van der Waals surface area contributed by atoms with Crippen LogP contribution >= 0.6 is 0 Å². The maximum atomic E-state index is 11.8. The minimum atomic E-state index is -0.0485. The van der Waals surface area contributed by atoms with Gasteiger partial charge in [0.25, 0.3) is 0 Å². The van der Waals surface area contributed by atoms with E-state index in [4.69, 9.17) is 5.11 Å². The van der Waals surface area contributed by atoms with Crippen LogP contribution in [0, 0.1) is 0 Å². The van der Waals surface area contributed by atoms with E-state index in [2.05, 4.69) is 5.32 Å². The zero-order chi connectivity index (χ0) is 11.4. The van der Waals surface area contributed by atoms with Gasteiger partial charge in [0.05, 0.1) is 6.61 Å². The Morgan fingerprint density at radius 2 is 2.12 bits per heavy atom. The second-order valence-electron chi connectivity index (χ2n) is 3.98. The molecule has 2 rings (SSSR count). The highest BCUT2D eigenvalue weighted by Crippen LogP contribution is 2.13. The van der Waals surface area contributed by atoms with Gasteiger partial charge in [-0.15, -0.1) is 0 Å². The molecule has 0 aliphatic carbocycles. The first kappa shape index (κ1) is 11.0. The molecule has 4 heteroatoms. The van der Waals surface area contributed by atoms with Crippen molar-refractivity contribution in [3.05, 3.63) is 29.8 Å². The van der Waals surface area contributed by atoms with E-state index in [1.807, 2.05) is 23.1 Å². The van der Waals surface area contributed by atoms with E-state index < -0.39 is 0 Å². The van der Waals surface area contributed by atoms with Crippen molar-refractivity contribution >= 4 is 11.7 Å². The lowest BCUT2D eigenvalue weighted by Crippen LogP contribution is -2.32. The van der Waals surface area contributed by atoms with Gasteiger partial charge in [0.15, 0.2) is 0 Å². The second kappa shape index (κ2) is 4.99. The number of nitrogens with one attached hydrogen (secondary N) is 1. The van der Waals surface area contributed by atoms with Gasteiger partial charge in [0.2, 0.25) is 0 Å². The second-order valence-corrected chi connectivity index (χ2v) is 3.98. The summed E-state index contributed by atoms with van der Waals surface area (Å²) in [7, 11) is 0. The molecule has 1 aliphatic heterocycles. The van der Waals surface area contributed by atoms with Crippen LogP contribution < -0.4 is 5.32 Å². The maximum absolute atomic E-state index is 11.8. The number of nitrogens with zero attached hydrogens (tertiary/aromatic N) is 1. The fourth-order valence-corrected chi connectivity index (χ4v) is 1.87. The first-order valence-corrected chi connectivity index (χ1v) is 5.55.